The van der Waals surface area contributed by atoms with Gasteiger partial charge in [0, 0.05) is 157 Å². The molecule has 0 aliphatic rings. The number of halogens is 9. The first-order chi connectivity index (χ1) is 62.1. The molecule has 0 aromatic heterocycles. The van der Waals surface area contributed by atoms with Crippen molar-refractivity contribution in [2.75, 3.05) is 0 Å². The number of rotatable bonds is 20. The molecule has 20 aromatic carbocycles. The van der Waals surface area contributed by atoms with Gasteiger partial charge in [0.1, 0.15) is 0 Å². The molecule has 21 heteroatoms. The number of hydrogen-bond acceptors (Lipinski definition) is 0. The van der Waals surface area contributed by atoms with Crippen molar-refractivity contribution in [1.82, 2.24) is 0 Å². The third kappa shape index (κ3) is 31.5. The van der Waals surface area contributed by atoms with Gasteiger partial charge < -0.3 is 112 Å². The molecule has 0 N–H and O–H groups in total. The predicted octanol–water partition coefficient (Wildman–Crippen LogP) is -13.6. The zero-order valence-electron chi connectivity index (χ0n) is 77.4. The quantitative estimate of drug-likeness (QED) is 0.0667. The second kappa shape index (κ2) is 70.7. The molecule has 0 amide bonds. The molecular weight excluding hydrogens is 2590 g/mol. The van der Waals surface area contributed by atoms with Gasteiger partial charge in [0.05, 0.1) is 0 Å². The van der Waals surface area contributed by atoms with Crippen LogP contribution in [0.15, 0.2) is 607 Å². The molecule has 141 heavy (non-hydrogen) atoms. The normalized spacial score (nSPS) is 9.93. The van der Waals surface area contributed by atoms with Crippen molar-refractivity contribution in [1.29, 1.82) is 0 Å². The molecule has 0 aliphatic carbocycles. The van der Waals surface area contributed by atoms with Crippen LogP contribution < -0.4 is 200 Å². The van der Waals surface area contributed by atoms with Crippen molar-refractivity contribution in [3.05, 3.63) is 607 Å². The Labute approximate surface area is 1010 Å². The maximum Gasteiger partial charge on any atom is 0.266 e. The van der Waals surface area contributed by atoms with Gasteiger partial charge in [-0.05, 0) is 0 Å². The summed E-state index contributed by atoms with van der Waals surface area (Å²) in [6.07, 6.45) is 0. The average Bonchev–Trinajstić information content (AvgIpc) is 0.760. The SMILES string of the molecule is [Cl-].[Cl-].[Cl-].[Cl-].[Cl-].[Cl-].[Cl-].[Cl-].[Cl-].[Sn].[Sn].[Sn].[Sn].[Sn].[V].[V].c1cc[c]([Al-]([c]2ccccc2)([c]2ccccc2)[c]2ccccc2)cc1.c1cc[c]([Al-]([c]2ccccc2)([c]2ccccc2)[c]2ccccc2)cc1.c1cc[c]([Al-]([c]2ccccc2)([c]2ccccc2)[c]2ccccc2)cc1.c1cc[c]([Al-]([c]2ccccc2)([c]2ccccc2)[c]2ccccc2)cc1.c1cc[c]([Al-]([c]2ccccc2)([c]2ccccc2)[c]2ccccc2)cc1. The Hall–Kier alpha value is -5.17. The first-order valence-corrected chi connectivity index (χ1v) is 55.5. The van der Waals surface area contributed by atoms with E-state index in [2.05, 4.69) is 607 Å². The van der Waals surface area contributed by atoms with Gasteiger partial charge in [0.2, 0.25) is 0 Å². The summed E-state index contributed by atoms with van der Waals surface area (Å²) in [6.45, 7) is 0. The summed E-state index contributed by atoms with van der Waals surface area (Å²) in [5, 5.41) is 0. The Morgan fingerprint density at radius 3 is 0.142 bits per heavy atom. The maximum absolute atomic E-state index is 2.69. The molecule has 702 valence electrons. The zero-order chi connectivity index (χ0) is 84.8. The van der Waals surface area contributed by atoms with E-state index in [0.29, 0.717) is 0 Å². The van der Waals surface area contributed by atoms with E-state index < -0.39 is 65.4 Å². The second-order valence-electron chi connectivity index (χ2n) is 32.5. The van der Waals surface area contributed by atoms with Crippen molar-refractivity contribution >= 4 is 273 Å². The molecule has 0 nitrogen and oxygen atoms in total. The third-order valence-corrected chi connectivity index (χ3v) is 53.7. The fraction of sp³-hybridized carbons (Fsp3) is 0. The minimum atomic E-state index is -2.69. The third-order valence-electron chi connectivity index (χ3n) is 26.0. The van der Waals surface area contributed by atoms with Crippen LogP contribution in [0.2, 0.25) is 0 Å². The average molecular weight is 2690 g/mol. The van der Waals surface area contributed by atoms with Gasteiger partial charge in [-0.1, -0.05) is 364 Å². The molecule has 0 spiro atoms. The molecule has 0 saturated carbocycles. The summed E-state index contributed by atoms with van der Waals surface area (Å²) in [4.78, 5) is 0. The van der Waals surface area contributed by atoms with Gasteiger partial charge in [0.25, 0.3) is 65.4 Å². The topological polar surface area (TPSA) is 0 Å². The van der Waals surface area contributed by atoms with E-state index in [0.717, 1.165) is 0 Å². The van der Waals surface area contributed by atoms with Gasteiger partial charge >= 0.3 is 0 Å². The molecular formula is C120H100Al5Cl9Sn5V2-14. The van der Waals surface area contributed by atoms with E-state index in [1.165, 1.54) is 88.5 Å². The van der Waals surface area contributed by atoms with Crippen molar-refractivity contribution in [2.45, 2.75) is 0 Å². The van der Waals surface area contributed by atoms with Crippen LogP contribution in [0.4, 0.5) is 0 Å². The minimum Gasteiger partial charge on any atom is -1.00 e. The summed E-state index contributed by atoms with van der Waals surface area (Å²) in [5.41, 5.74) is 0. The van der Waals surface area contributed by atoms with Crippen LogP contribution in [0.25, 0.3) is 0 Å². The fourth-order valence-electron chi connectivity index (χ4n) is 20.6. The minimum absolute atomic E-state index is 0. The maximum atomic E-state index is 2.30. The standard InChI is InChI=1S/20C6H5.5Al.9ClH.5Sn.2V/c20*1-2-4-6-5-3-1;;;;;;;;;;;;;;;;;;;;;/h20*1-5H;;;;;;9*1H;;;;;;;/q;;;;;;;;;;;;;;;;;;;;5*-1;;;;;;;;;;;;;;;;/p-9. The molecule has 20 rings (SSSR count). The van der Waals surface area contributed by atoms with Gasteiger partial charge in [-0.15, -0.1) is 243 Å². The summed E-state index contributed by atoms with van der Waals surface area (Å²) in [7, 11) is 0. The van der Waals surface area contributed by atoms with Crippen LogP contribution in [0.3, 0.4) is 0 Å². The van der Waals surface area contributed by atoms with Crippen molar-refractivity contribution in [2.24, 2.45) is 0 Å². The Kier molecular flexibility index (Phi) is 68.1. The van der Waals surface area contributed by atoms with Crippen LogP contribution in [0.1, 0.15) is 0 Å². The van der Waals surface area contributed by atoms with Crippen LogP contribution in [0.5, 0.6) is 0 Å². The molecule has 0 fully saturated rings. The Bertz CT molecular complexity index is 4800. The predicted molar refractivity (Wildman–Crippen MR) is 579 cm³/mol. The molecule has 0 aliphatic heterocycles. The van der Waals surface area contributed by atoms with Crippen molar-refractivity contribution in [3.63, 3.8) is 0 Å². The van der Waals surface area contributed by atoms with Crippen molar-refractivity contribution < 1.29 is 149 Å². The van der Waals surface area contributed by atoms with Gasteiger partial charge in [-0.25, -0.2) is 88.5 Å². The molecule has 0 unspecified atom stereocenters. The molecule has 22 radical (unpaired) electrons. The van der Waals surface area contributed by atoms with Crippen LogP contribution in [-0.4, -0.2) is 185 Å². The first kappa shape index (κ1) is 136. The second-order valence-corrected chi connectivity index (χ2v) is 54.5. The van der Waals surface area contributed by atoms with E-state index in [9.17, 15) is 0 Å². The number of benzene rings is 20. The summed E-state index contributed by atoms with van der Waals surface area (Å²) < 4.78 is 28.9. The van der Waals surface area contributed by atoms with E-state index in [4.69, 9.17) is 0 Å². The molecule has 20 aromatic rings. The van der Waals surface area contributed by atoms with Crippen LogP contribution >= 0.6 is 0 Å². The molecule has 0 bridgehead atoms. The zero-order valence-corrected chi connectivity index (χ0v) is 107. The number of hydrogen-bond donors (Lipinski definition) is 0. The summed E-state index contributed by atoms with van der Waals surface area (Å²) in [6, 6.07) is 221. The van der Waals surface area contributed by atoms with Crippen LogP contribution in [0, 0.1) is 0 Å². The monoisotopic (exact) mass is 2690 g/mol. The molecule has 0 heterocycles. The smallest absolute Gasteiger partial charge is 0.266 e. The van der Waals surface area contributed by atoms with E-state index in [1.807, 2.05) is 0 Å². The van der Waals surface area contributed by atoms with Gasteiger partial charge in [-0.2, -0.15) is 0 Å². The van der Waals surface area contributed by atoms with Crippen molar-refractivity contribution in [3.8, 4) is 0 Å². The van der Waals surface area contributed by atoms with E-state index in [1.54, 1.807) is 0 Å². The molecule has 0 atom stereocenters. The van der Waals surface area contributed by atoms with E-state index in [-0.39, 0.29) is 268 Å². The largest absolute Gasteiger partial charge is 1.00 e. The molecule has 0 saturated heterocycles. The van der Waals surface area contributed by atoms with E-state index >= 15 is 0 Å². The van der Waals surface area contributed by atoms with Crippen LogP contribution in [-0.2, 0) is 37.1 Å². The van der Waals surface area contributed by atoms with Gasteiger partial charge in [0.15, 0.2) is 0 Å². The fourth-order valence-corrected chi connectivity index (χ4v) is 48.1. The summed E-state index contributed by atoms with van der Waals surface area (Å²) in [5.74, 6) is 0. The first-order valence-electron chi connectivity index (χ1n) is 44.0. The summed E-state index contributed by atoms with van der Waals surface area (Å²) >= 11 is -13.5. The Morgan fingerprint density at radius 1 is 0.0709 bits per heavy atom. The van der Waals surface area contributed by atoms with Gasteiger partial charge in [-0.3, -0.25) is 0 Å². The Balaban J connectivity index is 0.00000169. The Morgan fingerprint density at radius 2 is 0.106 bits per heavy atom.